The van der Waals surface area contributed by atoms with Crippen LogP contribution in [0, 0.1) is 11.3 Å². The Morgan fingerprint density at radius 1 is 1.16 bits per heavy atom. The molecule has 0 radical (unpaired) electrons. The first-order valence-corrected chi connectivity index (χ1v) is 9.71. The lowest BCUT2D eigenvalue weighted by Gasteiger charge is -2.55. The molecule has 3 rings (SSSR count). The molecule has 0 heterocycles. The van der Waals surface area contributed by atoms with Crippen molar-refractivity contribution in [1.29, 1.82) is 0 Å². The molecular weight excluding hydrogens is 312 g/mol. The molecule has 1 saturated carbocycles. The fraction of sp³-hybridized carbons (Fsp3) is 0.727. The van der Waals surface area contributed by atoms with Crippen molar-refractivity contribution in [3.63, 3.8) is 0 Å². The summed E-state index contributed by atoms with van der Waals surface area (Å²) in [6, 6.07) is 2.32. The van der Waals surface area contributed by atoms with Crippen molar-refractivity contribution in [3.8, 4) is 11.5 Å². The number of aryl methyl sites for hydroxylation is 1. The summed E-state index contributed by atoms with van der Waals surface area (Å²) in [6.45, 7) is 9.33. The van der Waals surface area contributed by atoms with Crippen molar-refractivity contribution in [2.45, 2.75) is 71.1 Å². The molecule has 0 aromatic heterocycles. The molecule has 0 saturated heterocycles. The minimum Gasteiger partial charge on any atom is -0.493 e. The minimum atomic E-state index is -0.205. The topological polar surface area (TPSA) is 38.7 Å². The van der Waals surface area contributed by atoms with E-state index in [1.165, 1.54) is 23.1 Å². The number of rotatable bonds is 4. The van der Waals surface area contributed by atoms with Crippen LogP contribution in [0.5, 0.6) is 11.5 Å². The van der Waals surface area contributed by atoms with Gasteiger partial charge in [0.05, 0.1) is 20.8 Å². The van der Waals surface area contributed by atoms with Gasteiger partial charge in [-0.15, -0.1) is 0 Å². The van der Waals surface area contributed by atoms with Crippen molar-refractivity contribution < 1.29 is 14.6 Å². The Balaban J connectivity index is 2.30. The normalized spacial score (nSPS) is 27.6. The standard InChI is InChI=1S/C22H34O3/c1-14(2)16-12-15-8-9-17-21(3,4)10-7-11-22(17,13-23)18(15)20(25-6)19(16)24-5/h12,14,17,23H,7-11,13H2,1-6H3/t17-,22-/m1/s1. The number of benzene rings is 1. The number of hydrogen-bond donors (Lipinski definition) is 1. The van der Waals surface area contributed by atoms with E-state index in [0.717, 1.165) is 37.2 Å². The summed E-state index contributed by atoms with van der Waals surface area (Å²) in [4.78, 5) is 0. The van der Waals surface area contributed by atoms with E-state index in [2.05, 4.69) is 33.8 Å². The molecule has 2 aliphatic rings. The van der Waals surface area contributed by atoms with Crippen molar-refractivity contribution in [2.75, 3.05) is 20.8 Å². The molecule has 0 amide bonds. The zero-order valence-electron chi connectivity index (χ0n) is 16.7. The summed E-state index contributed by atoms with van der Waals surface area (Å²) in [5.41, 5.74) is 3.82. The molecular formula is C22H34O3. The Hall–Kier alpha value is -1.22. The van der Waals surface area contributed by atoms with Gasteiger partial charge in [-0.05, 0) is 48.5 Å². The van der Waals surface area contributed by atoms with E-state index >= 15 is 0 Å². The minimum absolute atomic E-state index is 0.189. The third-order valence-corrected chi connectivity index (χ3v) is 6.91. The summed E-state index contributed by atoms with van der Waals surface area (Å²) in [6.07, 6.45) is 5.63. The molecule has 3 heteroatoms. The second-order valence-electron chi connectivity index (χ2n) is 8.97. The molecule has 2 atom stereocenters. The molecule has 0 aliphatic heterocycles. The van der Waals surface area contributed by atoms with Crippen molar-refractivity contribution in [3.05, 3.63) is 22.8 Å². The lowest BCUT2D eigenvalue weighted by atomic mass is 9.49. The molecule has 2 aliphatic carbocycles. The van der Waals surface area contributed by atoms with Crippen molar-refractivity contribution in [2.24, 2.45) is 11.3 Å². The van der Waals surface area contributed by atoms with E-state index in [9.17, 15) is 5.11 Å². The lowest BCUT2D eigenvalue weighted by Crippen LogP contribution is -2.52. The Kier molecular flexibility index (Phi) is 4.83. The van der Waals surface area contributed by atoms with Crippen LogP contribution in [0.3, 0.4) is 0 Å². The van der Waals surface area contributed by atoms with Gasteiger partial charge in [0.15, 0.2) is 11.5 Å². The van der Waals surface area contributed by atoms with Gasteiger partial charge in [0.2, 0.25) is 0 Å². The molecule has 140 valence electrons. The number of methoxy groups -OCH3 is 2. The third-order valence-electron chi connectivity index (χ3n) is 6.91. The summed E-state index contributed by atoms with van der Waals surface area (Å²) >= 11 is 0. The maximum atomic E-state index is 10.6. The highest BCUT2D eigenvalue weighted by Gasteiger charge is 2.54. The molecule has 0 spiro atoms. The largest absolute Gasteiger partial charge is 0.493 e. The first kappa shape index (κ1) is 18.6. The molecule has 25 heavy (non-hydrogen) atoms. The number of aliphatic hydroxyl groups excluding tert-OH is 1. The number of hydrogen-bond acceptors (Lipinski definition) is 3. The first-order chi connectivity index (χ1) is 11.8. The summed E-state index contributed by atoms with van der Waals surface area (Å²) in [5.74, 6) is 2.57. The highest BCUT2D eigenvalue weighted by Crippen LogP contribution is 2.60. The number of fused-ring (bicyclic) bond motifs is 3. The number of ether oxygens (including phenoxy) is 2. The second-order valence-corrected chi connectivity index (χ2v) is 8.97. The van der Waals surface area contributed by atoms with Crippen LogP contribution in [0.4, 0.5) is 0 Å². The molecule has 1 fully saturated rings. The predicted molar refractivity (Wildman–Crippen MR) is 102 cm³/mol. The average Bonchev–Trinajstić information content (AvgIpc) is 2.58. The van der Waals surface area contributed by atoms with Crippen LogP contribution in [-0.2, 0) is 11.8 Å². The van der Waals surface area contributed by atoms with E-state index in [-0.39, 0.29) is 17.4 Å². The van der Waals surface area contributed by atoms with E-state index < -0.39 is 0 Å². The van der Waals surface area contributed by atoms with E-state index in [1.807, 2.05) is 0 Å². The van der Waals surface area contributed by atoms with Crippen molar-refractivity contribution in [1.82, 2.24) is 0 Å². The second kappa shape index (κ2) is 6.50. The smallest absolute Gasteiger partial charge is 0.165 e. The molecule has 3 nitrogen and oxygen atoms in total. The predicted octanol–water partition coefficient (Wildman–Crippen LogP) is 4.83. The lowest BCUT2D eigenvalue weighted by molar-refractivity contribution is -0.00664. The molecule has 1 aromatic carbocycles. The monoisotopic (exact) mass is 346 g/mol. The fourth-order valence-electron chi connectivity index (χ4n) is 5.78. The van der Waals surface area contributed by atoms with Gasteiger partial charge in [-0.3, -0.25) is 0 Å². The highest BCUT2D eigenvalue weighted by atomic mass is 16.5. The van der Waals surface area contributed by atoms with E-state index in [4.69, 9.17) is 9.47 Å². The highest BCUT2D eigenvalue weighted by molar-refractivity contribution is 5.61. The molecule has 0 unspecified atom stereocenters. The van der Waals surface area contributed by atoms with Gasteiger partial charge in [-0.25, -0.2) is 0 Å². The summed E-state index contributed by atoms with van der Waals surface area (Å²) in [7, 11) is 3.47. The molecule has 1 N–H and O–H groups in total. The van der Waals surface area contributed by atoms with Crippen LogP contribution in [0.15, 0.2) is 6.07 Å². The zero-order chi connectivity index (χ0) is 18.4. The van der Waals surface area contributed by atoms with Gasteiger partial charge in [0.1, 0.15) is 0 Å². The molecule has 1 aromatic rings. The van der Waals surface area contributed by atoms with Crippen LogP contribution in [-0.4, -0.2) is 25.9 Å². The van der Waals surface area contributed by atoms with Crippen LogP contribution >= 0.6 is 0 Å². The van der Waals surface area contributed by atoms with Gasteiger partial charge >= 0.3 is 0 Å². The maximum absolute atomic E-state index is 10.6. The Morgan fingerprint density at radius 2 is 1.84 bits per heavy atom. The van der Waals surface area contributed by atoms with Gasteiger partial charge in [-0.2, -0.15) is 0 Å². The Labute approximate surface area is 152 Å². The third kappa shape index (κ3) is 2.66. The van der Waals surface area contributed by atoms with Crippen LogP contribution in [0.25, 0.3) is 0 Å². The van der Waals surface area contributed by atoms with Crippen LogP contribution in [0.1, 0.15) is 76.0 Å². The SMILES string of the molecule is COc1c(C(C)C)cc2c(c1OC)[C@@]1(CO)CCCC(C)(C)[C@H]1CC2. The van der Waals surface area contributed by atoms with E-state index in [1.54, 1.807) is 14.2 Å². The first-order valence-electron chi connectivity index (χ1n) is 9.71. The van der Waals surface area contributed by atoms with Crippen LogP contribution < -0.4 is 9.47 Å². The summed E-state index contributed by atoms with van der Waals surface area (Å²) in [5, 5.41) is 10.6. The Bertz CT molecular complexity index is 647. The van der Waals surface area contributed by atoms with E-state index in [0.29, 0.717) is 11.8 Å². The fourth-order valence-corrected chi connectivity index (χ4v) is 5.78. The van der Waals surface area contributed by atoms with Gasteiger partial charge in [0, 0.05) is 16.5 Å². The van der Waals surface area contributed by atoms with Gasteiger partial charge in [-0.1, -0.05) is 40.2 Å². The van der Waals surface area contributed by atoms with Gasteiger partial charge < -0.3 is 14.6 Å². The quantitative estimate of drug-likeness (QED) is 0.848. The number of aliphatic hydroxyl groups is 1. The van der Waals surface area contributed by atoms with Crippen LogP contribution in [0.2, 0.25) is 0 Å². The summed E-state index contributed by atoms with van der Waals surface area (Å²) < 4.78 is 11.7. The Morgan fingerprint density at radius 3 is 2.40 bits per heavy atom. The molecule has 0 bridgehead atoms. The average molecular weight is 347 g/mol. The zero-order valence-corrected chi connectivity index (χ0v) is 16.7. The van der Waals surface area contributed by atoms with Gasteiger partial charge in [0.25, 0.3) is 0 Å². The maximum Gasteiger partial charge on any atom is 0.165 e. The van der Waals surface area contributed by atoms with Crippen molar-refractivity contribution >= 4 is 0 Å².